The lowest BCUT2D eigenvalue weighted by Crippen LogP contribution is -2.29. The molecule has 17 heavy (non-hydrogen) atoms. The highest BCUT2D eigenvalue weighted by Gasteiger charge is 2.13. The predicted molar refractivity (Wildman–Crippen MR) is 68.8 cm³/mol. The molecule has 0 radical (unpaired) electrons. The third kappa shape index (κ3) is 4.34. The van der Waals surface area contributed by atoms with Crippen LogP contribution in [0.1, 0.15) is 31.4 Å². The quantitative estimate of drug-likeness (QED) is 0.413. The average Bonchev–Trinajstić information content (AvgIpc) is 2.39. The van der Waals surface area contributed by atoms with Crippen LogP contribution in [0, 0.1) is 0 Å². The lowest BCUT2D eigenvalue weighted by molar-refractivity contribution is 0.124. The van der Waals surface area contributed by atoms with Crippen LogP contribution in [0.4, 0.5) is 0 Å². The number of nitrogens with two attached hydrogens (primary N) is 1. The zero-order chi connectivity index (χ0) is 12.5. The Morgan fingerprint density at radius 3 is 2.71 bits per heavy atom. The van der Waals surface area contributed by atoms with Gasteiger partial charge in [0.25, 0.3) is 0 Å². The van der Waals surface area contributed by atoms with Crippen molar-refractivity contribution >= 4 is 0 Å². The average molecular weight is 238 g/mol. The van der Waals surface area contributed by atoms with Gasteiger partial charge in [-0.15, -0.1) is 0 Å². The van der Waals surface area contributed by atoms with Gasteiger partial charge in [0, 0.05) is 18.8 Å². The summed E-state index contributed by atoms with van der Waals surface area (Å²) in [4.78, 5) is 0. The number of ether oxygens (including phenoxy) is 2. The summed E-state index contributed by atoms with van der Waals surface area (Å²) in [6.07, 6.45) is 1.87. The second-order valence-corrected chi connectivity index (χ2v) is 3.86. The van der Waals surface area contributed by atoms with Crippen LogP contribution in [0.5, 0.6) is 5.75 Å². The fourth-order valence-corrected chi connectivity index (χ4v) is 1.73. The molecule has 0 saturated carbocycles. The molecular formula is C13H22N2O2. The van der Waals surface area contributed by atoms with Crippen LogP contribution < -0.4 is 16.0 Å². The van der Waals surface area contributed by atoms with Crippen LogP contribution in [0.3, 0.4) is 0 Å². The summed E-state index contributed by atoms with van der Waals surface area (Å²) in [5, 5.41) is 0. The van der Waals surface area contributed by atoms with E-state index in [1.54, 1.807) is 7.11 Å². The molecule has 0 heterocycles. The molecule has 1 aromatic rings. The Kier molecular flexibility index (Phi) is 6.62. The van der Waals surface area contributed by atoms with E-state index in [2.05, 4.69) is 12.3 Å². The van der Waals surface area contributed by atoms with E-state index in [0.29, 0.717) is 6.61 Å². The molecule has 4 heteroatoms. The first-order valence-electron chi connectivity index (χ1n) is 6.00. The van der Waals surface area contributed by atoms with E-state index in [9.17, 15) is 0 Å². The van der Waals surface area contributed by atoms with Gasteiger partial charge in [-0.25, -0.2) is 0 Å². The number of para-hydroxylation sites is 1. The highest BCUT2D eigenvalue weighted by molar-refractivity contribution is 5.35. The summed E-state index contributed by atoms with van der Waals surface area (Å²) >= 11 is 0. The van der Waals surface area contributed by atoms with Crippen LogP contribution in [0.15, 0.2) is 24.3 Å². The van der Waals surface area contributed by atoms with E-state index < -0.39 is 0 Å². The second kappa shape index (κ2) is 8.06. The van der Waals surface area contributed by atoms with Crippen molar-refractivity contribution in [3.63, 3.8) is 0 Å². The lowest BCUT2D eigenvalue weighted by atomic mass is 10.0. The maximum atomic E-state index is 5.58. The molecule has 1 atom stereocenters. The van der Waals surface area contributed by atoms with E-state index >= 15 is 0 Å². The summed E-state index contributed by atoms with van der Waals surface area (Å²) in [6, 6.07) is 7.94. The fraction of sp³-hybridized carbons (Fsp3) is 0.538. The Bertz CT molecular complexity index is 318. The zero-order valence-electron chi connectivity index (χ0n) is 10.6. The summed E-state index contributed by atoms with van der Waals surface area (Å²) in [5.74, 6) is 6.43. The second-order valence-electron chi connectivity index (χ2n) is 3.86. The Labute approximate surface area is 103 Å². The van der Waals surface area contributed by atoms with Gasteiger partial charge in [0.2, 0.25) is 0 Å². The predicted octanol–water partition coefficient (Wildman–Crippen LogP) is 2.02. The summed E-state index contributed by atoms with van der Waals surface area (Å²) in [7, 11) is 1.67. The monoisotopic (exact) mass is 238 g/mol. The molecule has 96 valence electrons. The van der Waals surface area contributed by atoms with Gasteiger partial charge in [0.15, 0.2) is 0 Å². The fourth-order valence-electron chi connectivity index (χ4n) is 1.73. The summed E-state index contributed by atoms with van der Waals surface area (Å²) < 4.78 is 10.8. The molecule has 0 saturated heterocycles. The molecule has 4 nitrogen and oxygen atoms in total. The molecule has 0 amide bonds. The van der Waals surface area contributed by atoms with Gasteiger partial charge < -0.3 is 9.47 Å². The van der Waals surface area contributed by atoms with Crippen LogP contribution in [0.2, 0.25) is 0 Å². The van der Waals surface area contributed by atoms with E-state index in [-0.39, 0.29) is 6.04 Å². The third-order valence-corrected chi connectivity index (χ3v) is 2.61. The largest absolute Gasteiger partial charge is 0.496 e. The standard InChI is InChI=1S/C13H22N2O2/c1-3-9-17-10-8-12(15-14)11-6-4-5-7-13(11)16-2/h4-7,12,15H,3,8-10,14H2,1-2H3. The van der Waals surface area contributed by atoms with Crippen LogP contribution >= 0.6 is 0 Å². The molecule has 0 aliphatic carbocycles. The number of methoxy groups -OCH3 is 1. The number of hydrogen-bond acceptors (Lipinski definition) is 4. The number of benzene rings is 1. The first-order valence-corrected chi connectivity index (χ1v) is 6.00. The van der Waals surface area contributed by atoms with Gasteiger partial charge in [-0.1, -0.05) is 25.1 Å². The van der Waals surface area contributed by atoms with Gasteiger partial charge >= 0.3 is 0 Å². The van der Waals surface area contributed by atoms with Crippen molar-refractivity contribution in [1.29, 1.82) is 0 Å². The molecular weight excluding hydrogens is 216 g/mol. The first-order chi connectivity index (χ1) is 8.33. The van der Waals surface area contributed by atoms with Crippen molar-refractivity contribution in [2.24, 2.45) is 5.84 Å². The third-order valence-electron chi connectivity index (χ3n) is 2.61. The van der Waals surface area contributed by atoms with Crippen molar-refractivity contribution in [3.05, 3.63) is 29.8 Å². The Morgan fingerprint density at radius 2 is 2.06 bits per heavy atom. The van der Waals surface area contributed by atoms with E-state index in [1.807, 2.05) is 24.3 Å². The number of hydrogen-bond donors (Lipinski definition) is 2. The minimum Gasteiger partial charge on any atom is -0.496 e. The normalized spacial score (nSPS) is 12.4. The topological polar surface area (TPSA) is 56.5 Å². The molecule has 0 bridgehead atoms. The molecule has 0 aromatic heterocycles. The smallest absolute Gasteiger partial charge is 0.123 e. The molecule has 0 fully saturated rings. The molecule has 0 spiro atoms. The van der Waals surface area contributed by atoms with Gasteiger partial charge in [-0.05, 0) is 18.9 Å². The molecule has 1 aromatic carbocycles. The lowest BCUT2D eigenvalue weighted by Gasteiger charge is -2.18. The molecule has 3 N–H and O–H groups in total. The van der Waals surface area contributed by atoms with Gasteiger partial charge in [0.1, 0.15) is 5.75 Å². The zero-order valence-corrected chi connectivity index (χ0v) is 10.6. The van der Waals surface area contributed by atoms with Gasteiger partial charge in [0.05, 0.1) is 13.2 Å². The maximum Gasteiger partial charge on any atom is 0.123 e. The van der Waals surface area contributed by atoms with Crippen molar-refractivity contribution in [2.45, 2.75) is 25.8 Å². The van der Waals surface area contributed by atoms with Crippen LogP contribution in [-0.2, 0) is 4.74 Å². The SMILES string of the molecule is CCCOCCC(NN)c1ccccc1OC. The van der Waals surface area contributed by atoms with Crippen molar-refractivity contribution in [3.8, 4) is 5.75 Å². The minimum absolute atomic E-state index is 0.0583. The van der Waals surface area contributed by atoms with E-state index in [1.165, 1.54) is 0 Å². The van der Waals surface area contributed by atoms with Crippen molar-refractivity contribution in [2.75, 3.05) is 20.3 Å². The molecule has 0 aliphatic heterocycles. The Hall–Kier alpha value is -1.10. The highest BCUT2D eigenvalue weighted by Crippen LogP contribution is 2.26. The number of hydrazine groups is 1. The molecule has 1 rings (SSSR count). The molecule has 1 unspecified atom stereocenters. The van der Waals surface area contributed by atoms with E-state index in [0.717, 1.165) is 30.8 Å². The maximum absolute atomic E-state index is 5.58. The summed E-state index contributed by atoms with van der Waals surface area (Å²) in [6.45, 7) is 3.59. The van der Waals surface area contributed by atoms with Gasteiger partial charge in [-0.3, -0.25) is 11.3 Å². The Morgan fingerprint density at radius 1 is 1.29 bits per heavy atom. The van der Waals surface area contributed by atoms with Crippen LogP contribution in [-0.4, -0.2) is 20.3 Å². The number of rotatable bonds is 8. The highest BCUT2D eigenvalue weighted by atomic mass is 16.5. The van der Waals surface area contributed by atoms with E-state index in [4.69, 9.17) is 15.3 Å². The molecule has 0 aliphatic rings. The van der Waals surface area contributed by atoms with Crippen molar-refractivity contribution < 1.29 is 9.47 Å². The van der Waals surface area contributed by atoms with Crippen molar-refractivity contribution in [1.82, 2.24) is 5.43 Å². The summed E-state index contributed by atoms with van der Waals surface area (Å²) in [5.41, 5.74) is 3.88. The van der Waals surface area contributed by atoms with Crippen LogP contribution in [0.25, 0.3) is 0 Å². The first kappa shape index (κ1) is 14.0. The van der Waals surface area contributed by atoms with Gasteiger partial charge in [-0.2, -0.15) is 0 Å². The minimum atomic E-state index is 0.0583. The Balaban J connectivity index is 2.59. The number of nitrogens with one attached hydrogen (secondary N) is 1.